The first-order valence-corrected chi connectivity index (χ1v) is 16.1. The van der Waals surface area contributed by atoms with Crippen LogP contribution in [0.15, 0.2) is 72.1 Å². The summed E-state index contributed by atoms with van der Waals surface area (Å²) in [5, 5.41) is 0. The van der Waals surface area contributed by atoms with E-state index < -0.39 is 0 Å². The Hall–Kier alpha value is -3.14. The summed E-state index contributed by atoms with van der Waals surface area (Å²) in [5.74, 6) is 0.593. The molecule has 2 aliphatic rings. The summed E-state index contributed by atoms with van der Waals surface area (Å²) in [6, 6.07) is 17.1. The van der Waals surface area contributed by atoms with Crippen molar-refractivity contribution in [2.24, 2.45) is 10.8 Å². The maximum Gasteiger partial charge on any atom is 0.160 e. The van der Waals surface area contributed by atoms with Crippen molar-refractivity contribution >= 4 is 22.9 Å². The lowest BCUT2D eigenvalue weighted by Gasteiger charge is -2.37. The van der Waals surface area contributed by atoms with Crippen LogP contribution in [0.2, 0.25) is 0 Å². The molecule has 0 unspecified atom stereocenters. The van der Waals surface area contributed by atoms with Crippen molar-refractivity contribution in [2.45, 2.75) is 106 Å². The zero-order valence-electron chi connectivity index (χ0n) is 27.0. The second-order valence-corrected chi connectivity index (χ2v) is 13.9. The van der Waals surface area contributed by atoms with Crippen LogP contribution in [0.5, 0.6) is 0 Å². The van der Waals surface area contributed by atoms with Crippen LogP contribution in [0, 0.1) is 24.7 Å². The highest BCUT2D eigenvalue weighted by molar-refractivity contribution is 5.97. The number of benzene rings is 2. The standard InChI is InChI=1S/C38H52N2O2/c1-29-15-19-31(20-16-29)39-25-23-37(3,4)33(27-39)35(41)13-11-9-7-8-10-12-14-36(42)34-28-40(26-24-38(34,5)6)32-21-17-30(2)18-22-32/h15-22,27-28H,7-14,23-26H2,1-6H3. The largest absolute Gasteiger partial charge is 0.348 e. The third kappa shape index (κ3) is 8.24. The highest BCUT2D eigenvalue weighted by Gasteiger charge is 2.34. The van der Waals surface area contributed by atoms with Crippen molar-refractivity contribution in [1.29, 1.82) is 0 Å². The van der Waals surface area contributed by atoms with Gasteiger partial charge in [0, 0.05) is 60.9 Å². The second-order valence-electron chi connectivity index (χ2n) is 13.9. The first-order valence-electron chi connectivity index (χ1n) is 16.1. The predicted octanol–water partition coefficient (Wildman–Crippen LogP) is 9.50. The molecular weight excluding hydrogens is 516 g/mol. The number of anilines is 2. The van der Waals surface area contributed by atoms with Gasteiger partial charge in [-0.1, -0.05) is 88.8 Å². The molecule has 0 aromatic heterocycles. The fourth-order valence-corrected chi connectivity index (χ4v) is 6.19. The monoisotopic (exact) mass is 568 g/mol. The number of hydrogen-bond donors (Lipinski definition) is 0. The minimum absolute atomic E-state index is 0.0790. The van der Waals surface area contributed by atoms with Crippen LogP contribution in [0.25, 0.3) is 0 Å². The van der Waals surface area contributed by atoms with Gasteiger partial charge in [0.2, 0.25) is 0 Å². The van der Waals surface area contributed by atoms with E-state index in [0.29, 0.717) is 24.4 Å². The fourth-order valence-electron chi connectivity index (χ4n) is 6.19. The minimum atomic E-state index is -0.0790. The Balaban J connectivity index is 1.18. The molecule has 0 saturated heterocycles. The molecule has 226 valence electrons. The Morgan fingerprint density at radius 1 is 0.571 bits per heavy atom. The van der Waals surface area contributed by atoms with Crippen LogP contribution in [0.1, 0.15) is 103 Å². The van der Waals surface area contributed by atoms with Gasteiger partial charge in [0.25, 0.3) is 0 Å². The molecule has 0 spiro atoms. The molecule has 2 heterocycles. The Bertz CT molecular complexity index is 1180. The molecular formula is C38H52N2O2. The molecule has 0 N–H and O–H groups in total. The molecule has 2 aliphatic heterocycles. The van der Waals surface area contributed by atoms with Crippen LogP contribution in [-0.4, -0.2) is 24.7 Å². The molecule has 42 heavy (non-hydrogen) atoms. The van der Waals surface area contributed by atoms with E-state index >= 15 is 0 Å². The van der Waals surface area contributed by atoms with Crippen molar-refractivity contribution in [3.63, 3.8) is 0 Å². The Labute approximate surface area is 254 Å². The van der Waals surface area contributed by atoms with E-state index in [-0.39, 0.29) is 10.8 Å². The molecule has 0 saturated carbocycles. The number of carbonyl (C=O) groups excluding carboxylic acids is 2. The van der Waals surface area contributed by atoms with Crippen LogP contribution >= 0.6 is 0 Å². The van der Waals surface area contributed by atoms with Gasteiger partial charge < -0.3 is 9.80 Å². The molecule has 0 atom stereocenters. The van der Waals surface area contributed by atoms with Crippen molar-refractivity contribution in [3.8, 4) is 0 Å². The average Bonchev–Trinajstić information content (AvgIpc) is 2.95. The summed E-state index contributed by atoms with van der Waals surface area (Å²) in [5.41, 5.74) is 6.59. The number of hydrogen-bond acceptors (Lipinski definition) is 4. The predicted molar refractivity (Wildman–Crippen MR) is 177 cm³/mol. The lowest BCUT2D eigenvalue weighted by atomic mass is 9.76. The number of ketones is 2. The SMILES string of the molecule is Cc1ccc(N2C=C(C(=O)CCCCCCCCC(=O)C3=CN(c4ccc(C)cc4)CCC3(C)C)C(C)(C)CC2)cc1. The number of rotatable bonds is 13. The highest BCUT2D eigenvalue weighted by atomic mass is 16.1. The maximum absolute atomic E-state index is 13.2. The molecule has 0 bridgehead atoms. The third-order valence-corrected chi connectivity index (χ3v) is 9.37. The summed E-state index contributed by atoms with van der Waals surface area (Å²) in [4.78, 5) is 31.0. The van der Waals surface area contributed by atoms with E-state index in [2.05, 4.69) is 112 Å². The first-order chi connectivity index (χ1) is 20.0. The first kappa shape index (κ1) is 31.8. The van der Waals surface area contributed by atoms with Crippen LogP contribution in [0.4, 0.5) is 11.4 Å². The summed E-state index contributed by atoms with van der Waals surface area (Å²) >= 11 is 0. The fraction of sp³-hybridized carbons (Fsp3) is 0.526. The average molecular weight is 569 g/mol. The Morgan fingerprint density at radius 2 is 0.905 bits per heavy atom. The van der Waals surface area contributed by atoms with Crippen molar-refractivity contribution < 1.29 is 9.59 Å². The summed E-state index contributed by atoms with van der Waals surface area (Å²) in [6.45, 7) is 14.9. The number of allylic oxidation sites excluding steroid dienone is 2. The van der Waals surface area contributed by atoms with Crippen molar-refractivity contribution in [3.05, 3.63) is 83.2 Å². The normalized spacial score (nSPS) is 18.0. The molecule has 0 fully saturated rings. The molecule has 0 radical (unpaired) electrons. The summed E-state index contributed by atoms with van der Waals surface area (Å²) in [6.07, 6.45) is 13.7. The molecule has 4 heteroatoms. The summed E-state index contributed by atoms with van der Waals surface area (Å²) < 4.78 is 0. The molecule has 2 aromatic carbocycles. The number of carbonyl (C=O) groups is 2. The van der Waals surface area contributed by atoms with E-state index in [1.807, 2.05) is 0 Å². The molecule has 0 aliphatic carbocycles. The zero-order valence-corrected chi connectivity index (χ0v) is 27.0. The van der Waals surface area contributed by atoms with Gasteiger partial charge in [-0.3, -0.25) is 9.59 Å². The van der Waals surface area contributed by atoms with Gasteiger partial charge in [-0.15, -0.1) is 0 Å². The van der Waals surface area contributed by atoms with E-state index in [4.69, 9.17) is 0 Å². The van der Waals surface area contributed by atoms with Crippen LogP contribution in [0.3, 0.4) is 0 Å². The number of nitrogens with zero attached hydrogens (tertiary/aromatic N) is 2. The van der Waals surface area contributed by atoms with Crippen LogP contribution < -0.4 is 9.80 Å². The number of unbranched alkanes of at least 4 members (excludes halogenated alkanes) is 5. The second kappa shape index (κ2) is 13.9. The number of aryl methyl sites for hydroxylation is 2. The maximum atomic E-state index is 13.2. The Morgan fingerprint density at radius 3 is 1.26 bits per heavy atom. The third-order valence-electron chi connectivity index (χ3n) is 9.37. The summed E-state index contributed by atoms with van der Waals surface area (Å²) in [7, 11) is 0. The van der Waals surface area contributed by atoms with Gasteiger partial charge in [-0.25, -0.2) is 0 Å². The quantitative estimate of drug-likeness (QED) is 0.226. The van der Waals surface area contributed by atoms with Crippen molar-refractivity contribution in [2.75, 3.05) is 22.9 Å². The van der Waals surface area contributed by atoms with Crippen LogP contribution in [-0.2, 0) is 9.59 Å². The van der Waals surface area contributed by atoms with E-state index in [9.17, 15) is 9.59 Å². The van der Waals surface area contributed by atoms with Crippen molar-refractivity contribution in [1.82, 2.24) is 0 Å². The van der Waals surface area contributed by atoms with Gasteiger partial charge in [0.1, 0.15) is 0 Å². The zero-order chi connectivity index (χ0) is 30.3. The highest BCUT2D eigenvalue weighted by Crippen LogP contribution is 2.39. The Kier molecular flexibility index (Phi) is 10.5. The van der Waals surface area contributed by atoms with Gasteiger partial charge in [0.05, 0.1) is 0 Å². The van der Waals surface area contributed by atoms with Gasteiger partial charge in [-0.2, -0.15) is 0 Å². The lowest BCUT2D eigenvalue weighted by molar-refractivity contribution is -0.117. The van der Waals surface area contributed by atoms with E-state index in [1.54, 1.807) is 0 Å². The van der Waals surface area contributed by atoms with Gasteiger partial charge in [0.15, 0.2) is 11.6 Å². The smallest absolute Gasteiger partial charge is 0.160 e. The minimum Gasteiger partial charge on any atom is -0.348 e. The lowest BCUT2D eigenvalue weighted by Crippen LogP contribution is -2.35. The topological polar surface area (TPSA) is 40.6 Å². The van der Waals surface area contributed by atoms with E-state index in [1.165, 1.54) is 11.1 Å². The molecule has 4 rings (SSSR count). The van der Waals surface area contributed by atoms with Gasteiger partial charge >= 0.3 is 0 Å². The molecule has 2 aromatic rings. The van der Waals surface area contributed by atoms with E-state index in [0.717, 1.165) is 87.0 Å². The molecule has 4 nitrogen and oxygen atoms in total. The van der Waals surface area contributed by atoms with Gasteiger partial charge in [-0.05, 0) is 74.6 Å². The number of Topliss-reactive ketones (excluding diaryl/α,β-unsaturated/α-hetero) is 2. The molecule has 0 amide bonds.